The monoisotopic (exact) mass is 472 g/mol. The standard InChI is InChI=1S/C24H21ClN8O/c1-2-20-26-10-7-21(30-20)31-24(34)33-11-8-15(9-12-33)29-23-28-14-18(25)22(32-23)17-13-27-19-6-4-3-5-16(17)19/h1,3-7,10,13-15,27H,8-9,11-12H2,(H,28,29,32)(H,26,30,31,34). The molecular weight excluding hydrogens is 452 g/mol. The Kier molecular flexibility index (Phi) is 5.97. The summed E-state index contributed by atoms with van der Waals surface area (Å²) in [6.45, 7) is 1.17. The highest BCUT2D eigenvalue weighted by molar-refractivity contribution is 6.33. The first-order valence-corrected chi connectivity index (χ1v) is 11.2. The second kappa shape index (κ2) is 9.37. The number of fused-ring (bicyclic) bond motifs is 1. The van der Waals surface area contributed by atoms with Crippen molar-refractivity contribution in [3.63, 3.8) is 0 Å². The summed E-state index contributed by atoms with van der Waals surface area (Å²) in [6.07, 6.45) is 11.9. The molecule has 1 saturated heterocycles. The van der Waals surface area contributed by atoms with Crippen LogP contribution in [0.15, 0.2) is 48.9 Å². The van der Waals surface area contributed by atoms with Gasteiger partial charge in [0, 0.05) is 48.0 Å². The normalized spacial score (nSPS) is 14.1. The Bertz CT molecular complexity index is 1390. The molecule has 3 N–H and O–H groups in total. The lowest BCUT2D eigenvalue weighted by molar-refractivity contribution is 0.197. The van der Waals surface area contributed by atoms with E-state index in [0.29, 0.717) is 35.6 Å². The Morgan fingerprint density at radius 1 is 1.18 bits per heavy atom. The fourth-order valence-electron chi connectivity index (χ4n) is 3.99. The van der Waals surface area contributed by atoms with E-state index < -0.39 is 0 Å². The van der Waals surface area contributed by atoms with Crippen LogP contribution in [0.5, 0.6) is 0 Å². The summed E-state index contributed by atoms with van der Waals surface area (Å²) in [4.78, 5) is 34.7. The topological polar surface area (TPSA) is 112 Å². The van der Waals surface area contributed by atoms with E-state index in [9.17, 15) is 4.79 Å². The van der Waals surface area contributed by atoms with Crippen LogP contribution in [0.2, 0.25) is 5.02 Å². The number of H-pyrrole nitrogens is 1. The Labute approximate surface area is 201 Å². The summed E-state index contributed by atoms with van der Waals surface area (Å²) in [6, 6.07) is 9.52. The first-order chi connectivity index (χ1) is 16.6. The summed E-state index contributed by atoms with van der Waals surface area (Å²) in [5.41, 5.74) is 2.62. The number of hydrogen-bond donors (Lipinski definition) is 3. The second-order valence-corrected chi connectivity index (χ2v) is 8.29. The lowest BCUT2D eigenvalue weighted by Crippen LogP contribution is -2.44. The van der Waals surface area contributed by atoms with Crippen molar-refractivity contribution in [2.24, 2.45) is 0 Å². The van der Waals surface area contributed by atoms with Crippen LogP contribution in [-0.4, -0.2) is 55.0 Å². The van der Waals surface area contributed by atoms with E-state index in [4.69, 9.17) is 18.0 Å². The highest BCUT2D eigenvalue weighted by Gasteiger charge is 2.24. The molecule has 0 atom stereocenters. The van der Waals surface area contributed by atoms with E-state index in [1.54, 1.807) is 17.2 Å². The number of benzene rings is 1. The third-order valence-electron chi connectivity index (χ3n) is 5.72. The number of aromatic amines is 1. The quantitative estimate of drug-likeness (QED) is 0.384. The van der Waals surface area contributed by atoms with Crippen molar-refractivity contribution < 1.29 is 4.79 Å². The number of halogens is 1. The molecule has 4 aromatic rings. The average Bonchev–Trinajstić information content (AvgIpc) is 3.30. The smallest absolute Gasteiger partial charge is 0.323 e. The minimum atomic E-state index is -0.218. The molecule has 2 amide bonds. The molecule has 0 aliphatic carbocycles. The number of urea groups is 1. The van der Waals surface area contributed by atoms with Gasteiger partial charge in [-0.2, -0.15) is 0 Å². The highest BCUT2D eigenvalue weighted by Crippen LogP contribution is 2.32. The Morgan fingerprint density at radius 2 is 2.00 bits per heavy atom. The SMILES string of the molecule is C#Cc1nccc(NC(=O)N2CCC(Nc3ncc(Cl)c(-c4c[nH]c5ccccc45)n3)CC2)n1. The van der Waals surface area contributed by atoms with E-state index in [0.717, 1.165) is 29.3 Å². The predicted molar refractivity (Wildman–Crippen MR) is 132 cm³/mol. The average molecular weight is 473 g/mol. The van der Waals surface area contributed by atoms with Crippen molar-refractivity contribution in [2.45, 2.75) is 18.9 Å². The lowest BCUT2D eigenvalue weighted by atomic mass is 10.1. The minimum absolute atomic E-state index is 0.133. The summed E-state index contributed by atoms with van der Waals surface area (Å²) >= 11 is 6.43. The molecule has 170 valence electrons. The molecule has 1 aliphatic heterocycles. The van der Waals surface area contributed by atoms with Gasteiger partial charge in [0.25, 0.3) is 0 Å². The number of aromatic nitrogens is 5. The largest absolute Gasteiger partial charge is 0.360 e. The van der Waals surface area contributed by atoms with Gasteiger partial charge in [-0.1, -0.05) is 29.8 Å². The van der Waals surface area contributed by atoms with Crippen LogP contribution in [0.4, 0.5) is 16.6 Å². The number of rotatable bonds is 4. The number of anilines is 2. The van der Waals surface area contributed by atoms with Crippen LogP contribution in [0.1, 0.15) is 18.7 Å². The molecule has 0 unspecified atom stereocenters. The first kappa shape index (κ1) is 21.7. The summed E-state index contributed by atoms with van der Waals surface area (Å²) in [7, 11) is 0. The van der Waals surface area contributed by atoms with Crippen molar-refractivity contribution in [3.05, 3.63) is 59.8 Å². The van der Waals surface area contributed by atoms with Crippen LogP contribution >= 0.6 is 11.6 Å². The van der Waals surface area contributed by atoms with Gasteiger partial charge in [-0.15, -0.1) is 6.42 Å². The van der Waals surface area contributed by atoms with Crippen LogP contribution in [0.25, 0.3) is 22.2 Å². The number of terminal acetylenes is 1. The molecule has 3 aromatic heterocycles. The zero-order valence-electron chi connectivity index (χ0n) is 18.1. The third-order valence-corrected chi connectivity index (χ3v) is 6.00. The van der Waals surface area contributed by atoms with Crippen LogP contribution < -0.4 is 10.6 Å². The zero-order valence-corrected chi connectivity index (χ0v) is 18.9. The van der Waals surface area contributed by atoms with Crippen LogP contribution in [0.3, 0.4) is 0 Å². The number of nitrogens with one attached hydrogen (secondary N) is 3. The number of carbonyl (C=O) groups is 1. The van der Waals surface area contributed by atoms with Gasteiger partial charge in [0.1, 0.15) is 5.82 Å². The van der Waals surface area contributed by atoms with E-state index in [2.05, 4.69) is 41.5 Å². The molecule has 4 heterocycles. The molecule has 1 aromatic carbocycles. The first-order valence-electron chi connectivity index (χ1n) is 10.8. The minimum Gasteiger partial charge on any atom is -0.360 e. The van der Waals surface area contributed by atoms with Gasteiger partial charge in [0.05, 0.1) is 16.9 Å². The molecular formula is C24H21ClN8O. The molecule has 5 rings (SSSR count). The summed E-state index contributed by atoms with van der Waals surface area (Å²) < 4.78 is 0. The Hall–Kier alpha value is -4.16. The summed E-state index contributed by atoms with van der Waals surface area (Å²) in [5.74, 6) is 3.48. The number of hydrogen-bond acceptors (Lipinski definition) is 6. The van der Waals surface area contributed by atoms with E-state index in [1.807, 2.05) is 30.5 Å². The molecule has 10 heteroatoms. The van der Waals surface area contributed by atoms with Crippen molar-refractivity contribution in [2.75, 3.05) is 23.7 Å². The molecule has 0 spiro atoms. The third kappa shape index (κ3) is 4.49. The van der Waals surface area contributed by atoms with Crippen molar-refractivity contribution in [3.8, 4) is 23.6 Å². The molecule has 9 nitrogen and oxygen atoms in total. The predicted octanol–water partition coefficient (Wildman–Crippen LogP) is 4.16. The summed E-state index contributed by atoms with van der Waals surface area (Å²) in [5, 5.41) is 7.70. The molecule has 0 saturated carbocycles. The van der Waals surface area contributed by atoms with E-state index in [-0.39, 0.29) is 17.9 Å². The Morgan fingerprint density at radius 3 is 2.82 bits per heavy atom. The van der Waals surface area contributed by atoms with Crippen molar-refractivity contribution >= 4 is 40.3 Å². The molecule has 0 radical (unpaired) electrons. The molecule has 34 heavy (non-hydrogen) atoms. The second-order valence-electron chi connectivity index (χ2n) is 7.88. The number of para-hydroxylation sites is 1. The number of amides is 2. The Balaban J connectivity index is 1.22. The van der Waals surface area contributed by atoms with Gasteiger partial charge in [-0.25, -0.2) is 24.7 Å². The molecule has 1 aliphatic rings. The molecule has 0 bridgehead atoms. The van der Waals surface area contributed by atoms with E-state index in [1.165, 1.54) is 6.20 Å². The van der Waals surface area contributed by atoms with Gasteiger partial charge in [-0.05, 0) is 30.9 Å². The maximum atomic E-state index is 12.6. The van der Waals surface area contributed by atoms with Gasteiger partial charge in [-0.3, -0.25) is 5.32 Å². The van der Waals surface area contributed by atoms with Gasteiger partial charge < -0.3 is 15.2 Å². The number of piperidine rings is 1. The lowest BCUT2D eigenvalue weighted by Gasteiger charge is -2.32. The van der Waals surface area contributed by atoms with Crippen LogP contribution in [0, 0.1) is 12.3 Å². The van der Waals surface area contributed by atoms with Crippen molar-refractivity contribution in [1.29, 1.82) is 0 Å². The molecule has 1 fully saturated rings. The zero-order chi connectivity index (χ0) is 23.5. The van der Waals surface area contributed by atoms with Crippen LogP contribution in [-0.2, 0) is 0 Å². The number of carbonyl (C=O) groups excluding carboxylic acids is 1. The fraction of sp³-hybridized carbons (Fsp3) is 0.208. The fourth-order valence-corrected chi connectivity index (χ4v) is 4.18. The van der Waals surface area contributed by atoms with Crippen molar-refractivity contribution in [1.82, 2.24) is 29.8 Å². The number of nitrogens with zero attached hydrogens (tertiary/aromatic N) is 5. The maximum absolute atomic E-state index is 12.6. The van der Waals surface area contributed by atoms with Gasteiger partial charge >= 0.3 is 6.03 Å². The van der Waals surface area contributed by atoms with Gasteiger partial charge in [0.2, 0.25) is 11.8 Å². The van der Waals surface area contributed by atoms with E-state index >= 15 is 0 Å². The number of likely N-dealkylation sites (tertiary alicyclic amines) is 1. The highest BCUT2D eigenvalue weighted by atomic mass is 35.5. The maximum Gasteiger partial charge on any atom is 0.323 e. The van der Waals surface area contributed by atoms with Gasteiger partial charge in [0.15, 0.2) is 0 Å².